The van der Waals surface area contributed by atoms with Gasteiger partial charge in [-0.3, -0.25) is 4.79 Å². The molecule has 0 saturated heterocycles. The fourth-order valence-corrected chi connectivity index (χ4v) is 4.30. The molecule has 2 aromatic rings. The van der Waals surface area contributed by atoms with Crippen LogP contribution in [0, 0.1) is 6.92 Å². The number of nitrogens with zero attached hydrogens (tertiary/aromatic N) is 3. The Balaban J connectivity index is 1.37. The fourth-order valence-electron chi connectivity index (χ4n) is 3.45. The molecule has 0 unspecified atom stereocenters. The van der Waals surface area contributed by atoms with E-state index in [1.54, 1.807) is 0 Å². The number of hydrogen-bond donors (Lipinski definition) is 1. The largest absolute Gasteiger partial charge is 0.448 e. The van der Waals surface area contributed by atoms with Crippen molar-refractivity contribution >= 4 is 23.4 Å². The Kier molecular flexibility index (Phi) is 4.52. The second-order valence-corrected chi connectivity index (χ2v) is 7.54. The number of thioether (sulfide) groups is 1. The maximum atomic E-state index is 12.3. The highest BCUT2D eigenvalue weighted by Gasteiger charge is 2.44. The van der Waals surface area contributed by atoms with Gasteiger partial charge in [-0.2, -0.15) is 0 Å². The standard InChI is InChI=1S/C18H22N4O3S/c1-3-22-12(2)20-21-17(22)26-11-16(23)19-13-6-7-14-15(10-13)25-18(24-14)8-4-5-9-18/h6-7,10H,3-5,8-9,11H2,1-2H3,(H,19,23). The number of amides is 1. The summed E-state index contributed by atoms with van der Waals surface area (Å²) in [6.07, 6.45) is 4.07. The Morgan fingerprint density at radius 3 is 2.81 bits per heavy atom. The number of carbonyl (C=O) groups is 1. The normalized spacial score (nSPS) is 17.0. The molecule has 0 radical (unpaired) electrons. The summed E-state index contributed by atoms with van der Waals surface area (Å²) < 4.78 is 14.0. The number of nitrogens with one attached hydrogen (secondary N) is 1. The van der Waals surface area contributed by atoms with Crippen molar-refractivity contribution in [3.8, 4) is 11.5 Å². The van der Waals surface area contributed by atoms with Crippen molar-refractivity contribution in [2.45, 2.75) is 57.0 Å². The van der Waals surface area contributed by atoms with Crippen LogP contribution >= 0.6 is 11.8 Å². The number of rotatable bonds is 5. The molecule has 138 valence electrons. The molecule has 1 N–H and O–H groups in total. The van der Waals surface area contributed by atoms with Gasteiger partial charge in [-0.15, -0.1) is 10.2 Å². The lowest BCUT2D eigenvalue weighted by Gasteiger charge is -2.21. The van der Waals surface area contributed by atoms with Crippen LogP contribution in [-0.4, -0.2) is 32.2 Å². The van der Waals surface area contributed by atoms with Crippen molar-refractivity contribution in [3.05, 3.63) is 24.0 Å². The summed E-state index contributed by atoms with van der Waals surface area (Å²) in [4.78, 5) is 12.3. The minimum absolute atomic E-state index is 0.0900. The quantitative estimate of drug-likeness (QED) is 0.809. The Labute approximate surface area is 156 Å². The molecule has 26 heavy (non-hydrogen) atoms. The first-order chi connectivity index (χ1) is 12.6. The highest BCUT2D eigenvalue weighted by atomic mass is 32.2. The number of aryl methyl sites for hydroxylation is 1. The van der Waals surface area contributed by atoms with Crippen LogP contribution in [0.4, 0.5) is 5.69 Å². The van der Waals surface area contributed by atoms with Crippen molar-refractivity contribution in [2.24, 2.45) is 0 Å². The van der Waals surface area contributed by atoms with Crippen LogP contribution in [0.2, 0.25) is 0 Å². The molecule has 2 heterocycles. The van der Waals surface area contributed by atoms with Crippen molar-refractivity contribution in [2.75, 3.05) is 11.1 Å². The summed E-state index contributed by atoms with van der Waals surface area (Å²) in [5.74, 6) is 2.02. The molecule has 1 saturated carbocycles. The lowest BCUT2D eigenvalue weighted by Crippen LogP contribution is -2.34. The second kappa shape index (κ2) is 6.83. The van der Waals surface area contributed by atoms with Gasteiger partial charge in [-0.1, -0.05) is 11.8 Å². The van der Waals surface area contributed by atoms with Gasteiger partial charge >= 0.3 is 0 Å². The number of hydrogen-bond acceptors (Lipinski definition) is 6. The van der Waals surface area contributed by atoms with Crippen molar-refractivity contribution < 1.29 is 14.3 Å². The fraction of sp³-hybridized carbons (Fsp3) is 0.500. The first-order valence-electron chi connectivity index (χ1n) is 8.93. The maximum Gasteiger partial charge on any atom is 0.251 e. The van der Waals surface area contributed by atoms with Crippen LogP contribution in [0.3, 0.4) is 0 Å². The Morgan fingerprint density at radius 2 is 2.04 bits per heavy atom. The van der Waals surface area contributed by atoms with Crippen LogP contribution in [-0.2, 0) is 11.3 Å². The Hall–Kier alpha value is -2.22. The SMILES string of the molecule is CCn1c(C)nnc1SCC(=O)Nc1ccc2c(c1)OC1(CCCC1)O2. The molecule has 1 spiro atoms. The summed E-state index contributed by atoms with van der Waals surface area (Å²) in [7, 11) is 0. The van der Waals surface area contributed by atoms with Crippen LogP contribution in [0.1, 0.15) is 38.4 Å². The zero-order valence-electron chi connectivity index (χ0n) is 14.9. The van der Waals surface area contributed by atoms with E-state index in [1.807, 2.05) is 36.6 Å². The number of fused-ring (bicyclic) bond motifs is 1. The highest BCUT2D eigenvalue weighted by molar-refractivity contribution is 7.99. The number of aromatic nitrogens is 3. The number of benzene rings is 1. The summed E-state index contributed by atoms with van der Waals surface area (Å²) in [5.41, 5.74) is 0.709. The second-order valence-electron chi connectivity index (χ2n) is 6.59. The third kappa shape index (κ3) is 3.25. The maximum absolute atomic E-state index is 12.3. The topological polar surface area (TPSA) is 78.3 Å². The van der Waals surface area contributed by atoms with E-state index in [-0.39, 0.29) is 11.7 Å². The lowest BCUT2D eigenvalue weighted by atomic mass is 10.2. The van der Waals surface area contributed by atoms with Crippen LogP contribution < -0.4 is 14.8 Å². The van der Waals surface area contributed by atoms with Gasteiger partial charge in [0.25, 0.3) is 5.79 Å². The van der Waals surface area contributed by atoms with E-state index in [0.29, 0.717) is 11.4 Å². The van der Waals surface area contributed by atoms with E-state index in [9.17, 15) is 4.79 Å². The minimum atomic E-state index is -0.483. The summed E-state index contributed by atoms with van der Waals surface area (Å²) in [6.45, 7) is 4.72. The van der Waals surface area contributed by atoms with E-state index in [2.05, 4.69) is 15.5 Å². The van der Waals surface area contributed by atoms with Crippen LogP contribution in [0.5, 0.6) is 11.5 Å². The van der Waals surface area contributed by atoms with Gasteiger partial charge in [0.1, 0.15) is 5.82 Å². The summed E-state index contributed by atoms with van der Waals surface area (Å²) in [6, 6.07) is 5.54. The van der Waals surface area contributed by atoms with E-state index in [0.717, 1.165) is 49.0 Å². The molecule has 1 aliphatic heterocycles. The third-order valence-corrected chi connectivity index (χ3v) is 5.70. The zero-order chi connectivity index (χ0) is 18.1. The summed E-state index contributed by atoms with van der Waals surface area (Å²) >= 11 is 1.38. The Morgan fingerprint density at radius 1 is 1.27 bits per heavy atom. The minimum Gasteiger partial charge on any atom is -0.448 e. The molecule has 2 aliphatic rings. The third-order valence-electron chi connectivity index (χ3n) is 4.74. The molecular weight excluding hydrogens is 352 g/mol. The van der Waals surface area contributed by atoms with Gasteiger partial charge in [0.2, 0.25) is 5.91 Å². The lowest BCUT2D eigenvalue weighted by molar-refractivity contribution is -0.113. The van der Waals surface area contributed by atoms with E-state index >= 15 is 0 Å². The van der Waals surface area contributed by atoms with E-state index in [4.69, 9.17) is 9.47 Å². The van der Waals surface area contributed by atoms with Gasteiger partial charge in [0.05, 0.1) is 5.75 Å². The first kappa shape index (κ1) is 17.2. The van der Waals surface area contributed by atoms with Gasteiger partial charge in [0.15, 0.2) is 16.7 Å². The molecule has 1 aromatic heterocycles. The highest BCUT2D eigenvalue weighted by Crippen LogP contribution is 2.47. The van der Waals surface area contributed by atoms with Crippen molar-refractivity contribution in [1.29, 1.82) is 0 Å². The predicted molar refractivity (Wildman–Crippen MR) is 98.7 cm³/mol. The molecule has 4 rings (SSSR count). The van der Waals surface area contributed by atoms with E-state index in [1.165, 1.54) is 11.8 Å². The van der Waals surface area contributed by atoms with Crippen molar-refractivity contribution in [3.63, 3.8) is 0 Å². The van der Waals surface area contributed by atoms with Crippen LogP contribution in [0.25, 0.3) is 0 Å². The van der Waals surface area contributed by atoms with Gasteiger partial charge in [0, 0.05) is 31.1 Å². The average molecular weight is 374 g/mol. The van der Waals surface area contributed by atoms with Crippen LogP contribution in [0.15, 0.2) is 23.4 Å². The molecule has 0 atom stereocenters. The first-order valence-corrected chi connectivity index (χ1v) is 9.92. The smallest absolute Gasteiger partial charge is 0.251 e. The predicted octanol–water partition coefficient (Wildman–Crippen LogP) is 3.38. The van der Waals surface area contributed by atoms with Gasteiger partial charge in [-0.25, -0.2) is 0 Å². The van der Waals surface area contributed by atoms with Crippen molar-refractivity contribution in [1.82, 2.24) is 14.8 Å². The number of ether oxygens (including phenoxy) is 2. The number of anilines is 1. The molecule has 1 aromatic carbocycles. The molecule has 8 heteroatoms. The van der Waals surface area contributed by atoms with E-state index < -0.39 is 5.79 Å². The zero-order valence-corrected chi connectivity index (χ0v) is 15.8. The Bertz CT molecular complexity index is 830. The molecular formula is C18H22N4O3S. The monoisotopic (exact) mass is 374 g/mol. The summed E-state index contributed by atoms with van der Waals surface area (Å²) in [5, 5.41) is 11.8. The molecule has 1 aliphatic carbocycles. The molecule has 0 bridgehead atoms. The van der Waals surface area contributed by atoms with Gasteiger partial charge in [-0.05, 0) is 38.8 Å². The molecule has 1 amide bonds. The average Bonchev–Trinajstić information content (AvgIpc) is 3.31. The molecule has 1 fully saturated rings. The number of carbonyl (C=O) groups excluding carboxylic acids is 1. The van der Waals surface area contributed by atoms with Gasteiger partial charge < -0.3 is 19.4 Å². The molecule has 7 nitrogen and oxygen atoms in total.